The molecule has 0 bridgehead atoms. The highest BCUT2D eigenvalue weighted by molar-refractivity contribution is 5.99. The Bertz CT molecular complexity index is 343. The van der Waals surface area contributed by atoms with Crippen LogP contribution in [-0.4, -0.2) is 24.3 Å². The van der Waals surface area contributed by atoms with Gasteiger partial charge in [0.2, 0.25) is 0 Å². The zero-order valence-electron chi connectivity index (χ0n) is 7.57. The highest BCUT2D eigenvalue weighted by atomic mass is 19.4. The van der Waals surface area contributed by atoms with Crippen molar-refractivity contribution in [2.75, 3.05) is 0 Å². The third-order valence-corrected chi connectivity index (χ3v) is 2.35. The second-order valence-corrected chi connectivity index (χ2v) is 3.38. The zero-order valence-corrected chi connectivity index (χ0v) is 7.57. The van der Waals surface area contributed by atoms with Crippen molar-refractivity contribution in [1.29, 1.82) is 0 Å². The Morgan fingerprint density at radius 3 is 1.81 bits per heavy atom. The smallest absolute Gasteiger partial charge is 0.392 e. The summed E-state index contributed by atoms with van der Waals surface area (Å²) in [6.07, 6.45) is -11.0. The molecule has 0 aliphatic carbocycles. The van der Waals surface area contributed by atoms with Crippen LogP contribution in [-0.2, 0) is 14.3 Å². The predicted molar refractivity (Wildman–Crippen MR) is 34.8 cm³/mol. The molecule has 0 amide bonds. The maximum Gasteiger partial charge on any atom is 0.405 e. The summed E-state index contributed by atoms with van der Waals surface area (Å²) in [5.74, 6) is -7.96. The molecule has 2 unspecified atom stereocenters. The molecule has 1 heterocycles. The van der Waals surface area contributed by atoms with E-state index in [-0.39, 0.29) is 6.92 Å². The van der Waals surface area contributed by atoms with Gasteiger partial charge in [-0.2, -0.15) is 26.3 Å². The van der Waals surface area contributed by atoms with Gasteiger partial charge in [-0.25, -0.2) is 0 Å². The van der Waals surface area contributed by atoms with E-state index in [9.17, 15) is 35.9 Å². The van der Waals surface area contributed by atoms with Gasteiger partial charge in [-0.1, -0.05) is 0 Å². The number of carbonyl (C=O) groups excluding carboxylic acids is 2. The number of halogens is 6. The van der Waals surface area contributed by atoms with Crippen LogP contribution in [0.5, 0.6) is 0 Å². The summed E-state index contributed by atoms with van der Waals surface area (Å²) in [6.45, 7) is -0.00160. The Balaban J connectivity index is 3.35. The monoisotopic (exact) mass is 250 g/mol. The van der Waals surface area contributed by atoms with Gasteiger partial charge in [-0.05, 0) is 6.92 Å². The minimum absolute atomic E-state index is 0.00160. The van der Waals surface area contributed by atoms with Gasteiger partial charge in [0.1, 0.15) is 0 Å². The Morgan fingerprint density at radius 2 is 1.56 bits per heavy atom. The number of cyclic esters (lactones) is 2. The lowest BCUT2D eigenvalue weighted by Gasteiger charge is -2.28. The van der Waals surface area contributed by atoms with Gasteiger partial charge in [0.05, 0.1) is 0 Å². The fourth-order valence-electron chi connectivity index (χ4n) is 1.35. The Hall–Kier alpha value is -1.28. The lowest BCUT2D eigenvalue weighted by Crippen LogP contribution is -2.50. The van der Waals surface area contributed by atoms with Crippen molar-refractivity contribution >= 4 is 11.9 Å². The topological polar surface area (TPSA) is 43.4 Å². The molecule has 92 valence electrons. The summed E-state index contributed by atoms with van der Waals surface area (Å²) in [5.41, 5.74) is -3.87. The summed E-state index contributed by atoms with van der Waals surface area (Å²) in [4.78, 5) is 21.4. The van der Waals surface area contributed by atoms with Crippen molar-refractivity contribution in [3.63, 3.8) is 0 Å². The number of hydrogen-bond donors (Lipinski definition) is 0. The van der Waals surface area contributed by atoms with E-state index in [1.807, 2.05) is 0 Å². The molecular weight excluding hydrogens is 246 g/mol. The van der Waals surface area contributed by atoms with Gasteiger partial charge < -0.3 is 4.74 Å². The Morgan fingerprint density at radius 1 is 1.12 bits per heavy atom. The molecule has 1 fully saturated rings. The van der Waals surface area contributed by atoms with Gasteiger partial charge in [0.25, 0.3) is 0 Å². The molecule has 9 heteroatoms. The third kappa shape index (κ3) is 1.54. The van der Waals surface area contributed by atoms with E-state index in [2.05, 4.69) is 4.74 Å². The van der Waals surface area contributed by atoms with Crippen molar-refractivity contribution < 1.29 is 40.7 Å². The van der Waals surface area contributed by atoms with Gasteiger partial charge in [0, 0.05) is 0 Å². The molecule has 0 aromatic carbocycles. The van der Waals surface area contributed by atoms with Crippen molar-refractivity contribution in [3.05, 3.63) is 0 Å². The molecule has 1 aliphatic rings. The highest BCUT2D eigenvalue weighted by Crippen LogP contribution is 2.54. The maximum atomic E-state index is 12.4. The summed E-state index contributed by atoms with van der Waals surface area (Å²) in [5, 5.41) is 0. The molecule has 0 N–H and O–H groups in total. The van der Waals surface area contributed by atoms with Crippen molar-refractivity contribution in [2.45, 2.75) is 19.3 Å². The third-order valence-electron chi connectivity index (χ3n) is 2.35. The van der Waals surface area contributed by atoms with Gasteiger partial charge >= 0.3 is 24.3 Å². The van der Waals surface area contributed by atoms with Crippen LogP contribution in [0.25, 0.3) is 0 Å². The first-order valence-electron chi connectivity index (χ1n) is 3.82. The summed E-state index contributed by atoms with van der Waals surface area (Å²) >= 11 is 0. The van der Waals surface area contributed by atoms with E-state index in [0.29, 0.717) is 0 Å². The fourth-order valence-corrected chi connectivity index (χ4v) is 1.35. The van der Waals surface area contributed by atoms with Crippen molar-refractivity contribution in [3.8, 4) is 0 Å². The Labute approximate surface area is 84.4 Å². The van der Waals surface area contributed by atoms with Crippen molar-refractivity contribution in [1.82, 2.24) is 0 Å². The van der Waals surface area contributed by atoms with Crippen LogP contribution in [0.3, 0.4) is 0 Å². The minimum Gasteiger partial charge on any atom is -0.392 e. The van der Waals surface area contributed by atoms with E-state index < -0.39 is 35.6 Å². The zero-order chi connectivity index (χ0) is 12.9. The molecule has 16 heavy (non-hydrogen) atoms. The molecule has 3 nitrogen and oxygen atoms in total. The minimum atomic E-state index is -5.52. The fraction of sp³-hybridized carbons (Fsp3) is 0.714. The Kier molecular flexibility index (Phi) is 2.49. The molecule has 0 spiro atoms. The van der Waals surface area contributed by atoms with E-state index in [1.54, 1.807) is 0 Å². The largest absolute Gasteiger partial charge is 0.405 e. The van der Waals surface area contributed by atoms with E-state index >= 15 is 0 Å². The lowest BCUT2D eigenvalue weighted by atomic mass is 9.78. The molecule has 1 rings (SSSR count). The van der Waals surface area contributed by atoms with E-state index in [0.717, 1.165) is 0 Å². The van der Waals surface area contributed by atoms with Crippen molar-refractivity contribution in [2.24, 2.45) is 11.3 Å². The second-order valence-electron chi connectivity index (χ2n) is 3.38. The number of esters is 2. The quantitative estimate of drug-likeness (QED) is 0.374. The molecule has 0 saturated carbocycles. The highest BCUT2D eigenvalue weighted by Gasteiger charge is 2.76. The number of carbonyl (C=O) groups is 2. The molecule has 0 aromatic rings. The molecule has 1 aliphatic heterocycles. The maximum absolute atomic E-state index is 12.4. The lowest BCUT2D eigenvalue weighted by molar-refractivity contribution is -0.269. The van der Waals surface area contributed by atoms with Crippen LogP contribution in [0, 0.1) is 11.3 Å². The SMILES string of the molecule is CC1(C(F)(F)F)C(=O)OC(=O)C1C(F)(F)F. The summed E-state index contributed by atoms with van der Waals surface area (Å²) in [6, 6.07) is 0. The number of ether oxygens (including phenoxy) is 1. The van der Waals surface area contributed by atoms with E-state index in [1.165, 1.54) is 0 Å². The van der Waals surface area contributed by atoms with Crippen LogP contribution in [0.4, 0.5) is 26.3 Å². The van der Waals surface area contributed by atoms with Crippen LogP contribution >= 0.6 is 0 Å². The van der Waals surface area contributed by atoms with Crippen LogP contribution in [0.15, 0.2) is 0 Å². The first-order valence-corrected chi connectivity index (χ1v) is 3.82. The molecule has 2 atom stereocenters. The van der Waals surface area contributed by atoms with Gasteiger partial charge in [0.15, 0.2) is 11.3 Å². The van der Waals surface area contributed by atoms with Crippen LogP contribution in [0.1, 0.15) is 6.92 Å². The first-order chi connectivity index (χ1) is 6.92. The average molecular weight is 250 g/mol. The number of rotatable bonds is 0. The average Bonchev–Trinajstić information content (AvgIpc) is 2.20. The van der Waals surface area contributed by atoms with Crippen LogP contribution < -0.4 is 0 Å². The first kappa shape index (κ1) is 12.8. The number of hydrogen-bond acceptors (Lipinski definition) is 3. The molecule has 0 radical (unpaired) electrons. The van der Waals surface area contributed by atoms with Crippen LogP contribution in [0.2, 0.25) is 0 Å². The second kappa shape index (κ2) is 3.11. The summed E-state index contributed by atoms with van der Waals surface area (Å²) < 4.78 is 77.4. The molecular formula is C7H4F6O3. The predicted octanol–water partition coefficient (Wildman–Crippen LogP) is 1.82. The summed E-state index contributed by atoms with van der Waals surface area (Å²) in [7, 11) is 0. The number of alkyl halides is 6. The van der Waals surface area contributed by atoms with E-state index in [4.69, 9.17) is 0 Å². The van der Waals surface area contributed by atoms with Gasteiger partial charge in [-0.15, -0.1) is 0 Å². The molecule has 1 saturated heterocycles. The standard InChI is InChI=1S/C7H4F6O3/c1-5(7(11,12)13)2(6(8,9)10)3(14)16-4(5)15/h2H,1H3. The molecule has 0 aromatic heterocycles. The normalized spacial score (nSPS) is 31.8. The van der Waals surface area contributed by atoms with Gasteiger partial charge in [-0.3, -0.25) is 9.59 Å².